The standard InChI is InChI=1S/C3H8ClNO2/c4-1-2(6)3(5)7/h2-3,6-7H,1,5H2. The van der Waals surface area contributed by atoms with Gasteiger partial charge in [0, 0.05) is 0 Å². The number of rotatable bonds is 2. The summed E-state index contributed by atoms with van der Waals surface area (Å²) in [5, 5.41) is 16.7. The molecule has 4 N–H and O–H groups in total. The van der Waals surface area contributed by atoms with Crippen molar-refractivity contribution in [1.29, 1.82) is 0 Å². The Balaban J connectivity index is 3.14. The van der Waals surface area contributed by atoms with Gasteiger partial charge in [-0.05, 0) is 0 Å². The van der Waals surface area contributed by atoms with Crippen molar-refractivity contribution in [2.75, 3.05) is 5.88 Å². The van der Waals surface area contributed by atoms with Gasteiger partial charge in [-0.15, -0.1) is 11.6 Å². The predicted octanol–water partition coefficient (Wildman–Crippen LogP) is -1.14. The molecule has 0 aliphatic carbocycles. The summed E-state index contributed by atoms with van der Waals surface area (Å²) in [5.41, 5.74) is 4.77. The van der Waals surface area contributed by atoms with Crippen molar-refractivity contribution < 1.29 is 10.2 Å². The van der Waals surface area contributed by atoms with Crippen LogP contribution in [-0.2, 0) is 0 Å². The van der Waals surface area contributed by atoms with E-state index in [1.54, 1.807) is 0 Å². The van der Waals surface area contributed by atoms with E-state index in [1.165, 1.54) is 0 Å². The fraction of sp³-hybridized carbons (Fsp3) is 1.00. The maximum Gasteiger partial charge on any atom is 0.129 e. The van der Waals surface area contributed by atoms with Gasteiger partial charge in [0.25, 0.3) is 0 Å². The molecule has 0 aromatic carbocycles. The van der Waals surface area contributed by atoms with Gasteiger partial charge < -0.3 is 15.9 Å². The number of hydrogen-bond acceptors (Lipinski definition) is 3. The Morgan fingerprint density at radius 2 is 2.00 bits per heavy atom. The predicted molar refractivity (Wildman–Crippen MR) is 26.9 cm³/mol. The molecule has 44 valence electrons. The number of nitrogens with two attached hydrogens (primary N) is 1. The molecule has 2 unspecified atom stereocenters. The zero-order valence-corrected chi connectivity index (χ0v) is 4.47. The summed E-state index contributed by atoms with van der Waals surface area (Å²) >= 11 is 5.06. The molecule has 0 aromatic rings. The molecule has 0 fully saturated rings. The monoisotopic (exact) mass is 125 g/mol. The van der Waals surface area contributed by atoms with Crippen molar-refractivity contribution in [2.24, 2.45) is 5.73 Å². The average Bonchev–Trinajstić information content (AvgIpc) is 1.65. The Bertz CT molecular complexity index is 50.2. The number of aliphatic hydroxyl groups is 2. The van der Waals surface area contributed by atoms with E-state index in [-0.39, 0.29) is 5.88 Å². The van der Waals surface area contributed by atoms with Crippen molar-refractivity contribution in [3.63, 3.8) is 0 Å². The fourth-order valence-electron chi connectivity index (χ4n) is 0.0913. The van der Waals surface area contributed by atoms with Crippen molar-refractivity contribution in [1.82, 2.24) is 0 Å². The maximum atomic E-state index is 8.43. The van der Waals surface area contributed by atoms with Crippen LogP contribution in [0.1, 0.15) is 0 Å². The van der Waals surface area contributed by atoms with E-state index in [1.807, 2.05) is 0 Å². The number of aliphatic hydroxyl groups excluding tert-OH is 2. The summed E-state index contributed by atoms with van der Waals surface area (Å²) in [5.74, 6) is -0.0301. The molecule has 0 bridgehead atoms. The zero-order chi connectivity index (χ0) is 5.86. The van der Waals surface area contributed by atoms with Crippen LogP contribution in [0.4, 0.5) is 0 Å². The van der Waals surface area contributed by atoms with Gasteiger partial charge in [0.2, 0.25) is 0 Å². The second-order valence-electron chi connectivity index (χ2n) is 1.21. The highest BCUT2D eigenvalue weighted by atomic mass is 35.5. The van der Waals surface area contributed by atoms with Crippen molar-refractivity contribution in [2.45, 2.75) is 12.3 Å². The molecule has 0 aliphatic heterocycles. The van der Waals surface area contributed by atoms with E-state index in [9.17, 15) is 0 Å². The van der Waals surface area contributed by atoms with Crippen LogP contribution in [0.2, 0.25) is 0 Å². The molecule has 0 spiro atoms. The molecule has 0 aromatic heterocycles. The first-order valence-electron chi connectivity index (χ1n) is 1.86. The molecule has 0 radical (unpaired) electrons. The third-order valence-corrected chi connectivity index (χ3v) is 0.869. The maximum absolute atomic E-state index is 8.43. The van der Waals surface area contributed by atoms with Gasteiger partial charge in [0.15, 0.2) is 0 Å². The minimum atomic E-state index is -1.21. The second-order valence-corrected chi connectivity index (χ2v) is 1.52. The van der Waals surface area contributed by atoms with Gasteiger partial charge in [-0.25, -0.2) is 0 Å². The smallest absolute Gasteiger partial charge is 0.129 e. The fourth-order valence-corrected chi connectivity index (χ4v) is 0.274. The minimum Gasteiger partial charge on any atom is -0.388 e. The molecule has 0 aliphatic rings. The summed E-state index contributed by atoms with van der Waals surface area (Å²) in [6.07, 6.45) is -2.21. The lowest BCUT2D eigenvalue weighted by molar-refractivity contribution is 0.0381. The third kappa shape index (κ3) is 2.82. The van der Waals surface area contributed by atoms with Crippen LogP contribution < -0.4 is 5.73 Å². The Hall–Kier alpha value is 0.170. The number of hydrogen-bond donors (Lipinski definition) is 3. The van der Waals surface area contributed by atoms with Crippen LogP contribution in [0.5, 0.6) is 0 Å². The largest absolute Gasteiger partial charge is 0.388 e. The highest BCUT2D eigenvalue weighted by Crippen LogP contribution is 1.87. The Kier molecular flexibility index (Phi) is 3.29. The molecule has 7 heavy (non-hydrogen) atoms. The average molecular weight is 126 g/mol. The van der Waals surface area contributed by atoms with Crippen LogP contribution in [0, 0.1) is 0 Å². The molecule has 3 nitrogen and oxygen atoms in total. The van der Waals surface area contributed by atoms with Crippen molar-refractivity contribution >= 4 is 11.6 Å². The van der Waals surface area contributed by atoms with Gasteiger partial charge in [-0.2, -0.15) is 0 Å². The topological polar surface area (TPSA) is 66.5 Å². The third-order valence-electron chi connectivity index (χ3n) is 0.552. The van der Waals surface area contributed by atoms with E-state index in [2.05, 4.69) is 0 Å². The lowest BCUT2D eigenvalue weighted by Gasteiger charge is -2.07. The molecule has 0 heterocycles. The van der Waals surface area contributed by atoms with Crippen LogP contribution in [0.3, 0.4) is 0 Å². The van der Waals surface area contributed by atoms with Gasteiger partial charge >= 0.3 is 0 Å². The van der Waals surface area contributed by atoms with Crippen LogP contribution >= 0.6 is 11.6 Å². The van der Waals surface area contributed by atoms with E-state index in [0.29, 0.717) is 0 Å². The first-order valence-corrected chi connectivity index (χ1v) is 2.39. The normalized spacial score (nSPS) is 18.9. The molecule has 0 saturated carbocycles. The highest BCUT2D eigenvalue weighted by Gasteiger charge is 2.07. The van der Waals surface area contributed by atoms with E-state index >= 15 is 0 Å². The molecule has 2 atom stereocenters. The van der Waals surface area contributed by atoms with Crippen LogP contribution in [0.25, 0.3) is 0 Å². The van der Waals surface area contributed by atoms with E-state index in [4.69, 9.17) is 27.5 Å². The zero-order valence-electron chi connectivity index (χ0n) is 3.71. The SMILES string of the molecule is NC(O)C(O)CCl. The van der Waals surface area contributed by atoms with Gasteiger partial charge in [0.05, 0.1) is 5.88 Å². The molecule has 4 heteroatoms. The Morgan fingerprint density at radius 3 is 2.00 bits per heavy atom. The first-order chi connectivity index (χ1) is 3.18. The summed E-state index contributed by atoms with van der Waals surface area (Å²) < 4.78 is 0. The first kappa shape index (κ1) is 7.17. The molecule has 0 amide bonds. The minimum absolute atomic E-state index is 0.0301. The lowest BCUT2D eigenvalue weighted by atomic mass is 10.4. The summed E-state index contributed by atoms with van der Waals surface area (Å²) in [7, 11) is 0. The summed E-state index contributed by atoms with van der Waals surface area (Å²) in [4.78, 5) is 0. The Morgan fingerprint density at radius 1 is 1.57 bits per heavy atom. The molecular formula is C3H8ClNO2. The molecule has 0 rings (SSSR count). The Labute approximate surface area is 46.7 Å². The van der Waals surface area contributed by atoms with Crippen molar-refractivity contribution in [3.8, 4) is 0 Å². The molecular weight excluding hydrogens is 117 g/mol. The number of halogens is 1. The molecule has 0 saturated heterocycles. The summed E-state index contributed by atoms with van der Waals surface area (Å²) in [6, 6.07) is 0. The van der Waals surface area contributed by atoms with E-state index in [0.717, 1.165) is 0 Å². The van der Waals surface area contributed by atoms with Crippen LogP contribution in [0.15, 0.2) is 0 Å². The lowest BCUT2D eigenvalue weighted by Crippen LogP contribution is -2.35. The van der Waals surface area contributed by atoms with Gasteiger partial charge in [-0.3, -0.25) is 0 Å². The summed E-state index contributed by atoms with van der Waals surface area (Å²) in [6.45, 7) is 0. The van der Waals surface area contributed by atoms with E-state index < -0.39 is 12.3 Å². The van der Waals surface area contributed by atoms with Gasteiger partial charge in [0.1, 0.15) is 12.3 Å². The quantitative estimate of drug-likeness (QED) is 0.323. The van der Waals surface area contributed by atoms with Gasteiger partial charge in [-0.1, -0.05) is 0 Å². The second kappa shape index (κ2) is 3.21. The van der Waals surface area contributed by atoms with Crippen LogP contribution in [-0.4, -0.2) is 28.4 Å². The van der Waals surface area contributed by atoms with Crippen molar-refractivity contribution in [3.05, 3.63) is 0 Å². The highest BCUT2D eigenvalue weighted by molar-refractivity contribution is 6.18. The number of alkyl halides is 1.